The van der Waals surface area contributed by atoms with Crippen LogP contribution in [0.3, 0.4) is 0 Å². The van der Waals surface area contributed by atoms with Crippen molar-refractivity contribution in [3.05, 3.63) is 70.9 Å². The van der Waals surface area contributed by atoms with Crippen molar-refractivity contribution in [1.29, 1.82) is 0 Å². The Bertz CT molecular complexity index is 822. The number of nitrogens with one attached hydrogen (secondary N) is 1. The number of carbonyl (C=O) groups is 1. The molecule has 0 unspecified atom stereocenters. The Morgan fingerprint density at radius 3 is 2.86 bits per heavy atom. The molecule has 3 rings (SSSR count). The summed E-state index contributed by atoms with van der Waals surface area (Å²) < 4.78 is 5.21. The van der Waals surface area contributed by atoms with Crippen LogP contribution in [-0.2, 0) is 16.1 Å². The van der Waals surface area contributed by atoms with Crippen molar-refractivity contribution in [2.45, 2.75) is 6.61 Å². The molecule has 0 aliphatic carbocycles. The van der Waals surface area contributed by atoms with Gasteiger partial charge in [-0.2, -0.15) is 5.10 Å². The van der Waals surface area contributed by atoms with Crippen molar-refractivity contribution < 1.29 is 9.53 Å². The van der Waals surface area contributed by atoms with E-state index in [0.717, 1.165) is 22.0 Å². The first-order valence-corrected chi connectivity index (χ1v) is 7.11. The van der Waals surface area contributed by atoms with Crippen LogP contribution in [0.2, 0.25) is 5.02 Å². The topological polar surface area (TPSA) is 55.0 Å². The number of ether oxygens (including phenoxy) is 1. The third-order valence-corrected chi connectivity index (χ3v) is 3.42. The Morgan fingerprint density at radius 2 is 2.05 bits per heavy atom. The molecule has 1 N–H and O–H groups in total. The third kappa shape index (κ3) is 3.54. The van der Waals surface area contributed by atoms with Crippen LogP contribution in [-0.4, -0.2) is 16.2 Å². The van der Waals surface area contributed by atoms with Gasteiger partial charge in [-0.3, -0.25) is 5.10 Å². The van der Waals surface area contributed by atoms with Crippen LogP contribution in [0.25, 0.3) is 17.0 Å². The molecule has 4 nitrogen and oxygen atoms in total. The van der Waals surface area contributed by atoms with Crippen molar-refractivity contribution in [3.8, 4) is 0 Å². The molecule has 0 bridgehead atoms. The second-order valence-corrected chi connectivity index (χ2v) is 5.22. The monoisotopic (exact) mass is 312 g/mol. The molecule has 2 aromatic carbocycles. The minimum Gasteiger partial charge on any atom is -0.458 e. The minimum atomic E-state index is -0.389. The molecule has 0 spiro atoms. The standard InChI is InChI=1S/C17H13ClN2O2/c18-15-6-2-12(3-7-15)4-8-17(21)22-11-13-1-5-14-10-19-20-16(14)9-13/h1-10H,11H2,(H,19,20)/b8-4+. The van der Waals surface area contributed by atoms with Gasteiger partial charge in [-0.25, -0.2) is 4.79 Å². The fourth-order valence-corrected chi connectivity index (χ4v) is 2.14. The van der Waals surface area contributed by atoms with E-state index in [1.807, 2.05) is 30.3 Å². The summed E-state index contributed by atoms with van der Waals surface area (Å²) in [5.74, 6) is -0.389. The van der Waals surface area contributed by atoms with Crippen LogP contribution in [0.15, 0.2) is 54.7 Å². The largest absolute Gasteiger partial charge is 0.458 e. The SMILES string of the molecule is O=C(/C=C/c1ccc(Cl)cc1)OCc1ccc2cn[nH]c2c1. The summed E-state index contributed by atoms with van der Waals surface area (Å²) >= 11 is 5.80. The van der Waals surface area contributed by atoms with Gasteiger partial charge in [0, 0.05) is 16.5 Å². The number of aromatic nitrogens is 2. The Balaban J connectivity index is 1.58. The molecule has 0 amide bonds. The van der Waals surface area contributed by atoms with Crippen molar-refractivity contribution in [1.82, 2.24) is 10.2 Å². The summed E-state index contributed by atoms with van der Waals surface area (Å²) in [4.78, 5) is 11.7. The molecule has 0 radical (unpaired) electrons. The highest BCUT2D eigenvalue weighted by Gasteiger charge is 2.01. The zero-order chi connectivity index (χ0) is 15.4. The smallest absolute Gasteiger partial charge is 0.331 e. The van der Waals surface area contributed by atoms with Crippen LogP contribution in [0.4, 0.5) is 0 Å². The molecular formula is C17H13ClN2O2. The lowest BCUT2D eigenvalue weighted by atomic mass is 10.2. The third-order valence-electron chi connectivity index (χ3n) is 3.17. The Hall–Kier alpha value is -2.59. The first-order chi connectivity index (χ1) is 10.7. The molecule has 22 heavy (non-hydrogen) atoms. The van der Waals surface area contributed by atoms with Crippen LogP contribution in [0.5, 0.6) is 0 Å². The van der Waals surface area contributed by atoms with Crippen molar-refractivity contribution in [3.63, 3.8) is 0 Å². The second kappa shape index (κ2) is 6.45. The number of aromatic amines is 1. The van der Waals surface area contributed by atoms with Gasteiger partial charge in [0.05, 0.1) is 11.7 Å². The molecule has 110 valence electrons. The maximum atomic E-state index is 11.7. The molecule has 0 atom stereocenters. The zero-order valence-corrected chi connectivity index (χ0v) is 12.4. The Morgan fingerprint density at radius 1 is 1.23 bits per heavy atom. The van der Waals surface area contributed by atoms with E-state index in [1.165, 1.54) is 6.08 Å². The number of fused-ring (bicyclic) bond motifs is 1. The lowest BCUT2D eigenvalue weighted by molar-refractivity contribution is -0.138. The van der Waals surface area contributed by atoms with Gasteiger partial charge >= 0.3 is 5.97 Å². The number of rotatable bonds is 4. The van der Waals surface area contributed by atoms with Crippen molar-refractivity contribution in [2.24, 2.45) is 0 Å². The number of hydrogen-bond acceptors (Lipinski definition) is 3. The highest BCUT2D eigenvalue weighted by molar-refractivity contribution is 6.30. The summed E-state index contributed by atoms with van der Waals surface area (Å²) in [6, 6.07) is 13.0. The van der Waals surface area contributed by atoms with Gasteiger partial charge in [-0.1, -0.05) is 35.9 Å². The van der Waals surface area contributed by atoms with Crippen molar-refractivity contribution >= 4 is 34.5 Å². The average Bonchev–Trinajstić information content (AvgIpc) is 3.00. The van der Waals surface area contributed by atoms with E-state index in [1.54, 1.807) is 24.4 Å². The molecule has 3 aromatic rings. The van der Waals surface area contributed by atoms with Crippen LogP contribution < -0.4 is 0 Å². The van der Waals surface area contributed by atoms with Gasteiger partial charge in [0.1, 0.15) is 6.61 Å². The maximum Gasteiger partial charge on any atom is 0.331 e. The predicted octanol–water partition coefficient (Wildman–Crippen LogP) is 3.97. The number of H-pyrrole nitrogens is 1. The summed E-state index contributed by atoms with van der Waals surface area (Å²) in [7, 11) is 0. The molecule has 1 aromatic heterocycles. The van der Waals surface area contributed by atoms with E-state index in [9.17, 15) is 4.79 Å². The maximum absolute atomic E-state index is 11.7. The number of hydrogen-bond donors (Lipinski definition) is 1. The lowest BCUT2D eigenvalue weighted by Crippen LogP contribution is -2.00. The molecule has 0 aliphatic rings. The van der Waals surface area contributed by atoms with Crippen LogP contribution in [0.1, 0.15) is 11.1 Å². The van der Waals surface area contributed by atoms with Gasteiger partial charge in [-0.15, -0.1) is 0 Å². The first-order valence-electron chi connectivity index (χ1n) is 6.73. The molecule has 0 saturated carbocycles. The number of benzene rings is 2. The molecule has 0 fully saturated rings. The molecular weight excluding hydrogens is 300 g/mol. The van der Waals surface area contributed by atoms with Gasteiger partial charge in [-0.05, 0) is 35.4 Å². The first kappa shape index (κ1) is 14.4. The minimum absolute atomic E-state index is 0.221. The summed E-state index contributed by atoms with van der Waals surface area (Å²) in [6.07, 6.45) is 4.84. The van der Waals surface area contributed by atoms with E-state index in [2.05, 4.69) is 10.2 Å². The zero-order valence-electron chi connectivity index (χ0n) is 11.6. The summed E-state index contributed by atoms with van der Waals surface area (Å²) in [6.45, 7) is 0.221. The average molecular weight is 313 g/mol. The Kier molecular flexibility index (Phi) is 4.21. The highest BCUT2D eigenvalue weighted by Crippen LogP contribution is 2.14. The van der Waals surface area contributed by atoms with Crippen LogP contribution in [0, 0.1) is 0 Å². The summed E-state index contributed by atoms with van der Waals surface area (Å²) in [5, 5.41) is 8.52. The van der Waals surface area contributed by atoms with Crippen molar-refractivity contribution in [2.75, 3.05) is 0 Å². The Labute approximate surface area is 132 Å². The fraction of sp³-hybridized carbons (Fsp3) is 0.0588. The van der Waals surface area contributed by atoms with E-state index in [4.69, 9.17) is 16.3 Å². The summed E-state index contributed by atoms with van der Waals surface area (Å²) in [5.41, 5.74) is 2.72. The number of carbonyl (C=O) groups excluding carboxylic acids is 1. The van der Waals surface area contributed by atoms with Gasteiger partial charge in [0.2, 0.25) is 0 Å². The van der Waals surface area contributed by atoms with E-state index < -0.39 is 0 Å². The normalized spacial score (nSPS) is 11.1. The van der Waals surface area contributed by atoms with Gasteiger partial charge in [0.25, 0.3) is 0 Å². The highest BCUT2D eigenvalue weighted by atomic mass is 35.5. The van der Waals surface area contributed by atoms with Crippen LogP contribution >= 0.6 is 11.6 Å². The predicted molar refractivity (Wildman–Crippen MR) is 86.4 cm³/mol. The number of halogens is 1. The number of esters is 1. The lowest BCUT2D eigenvalue weighted by Gasteiger charge is -2.02. The molecule has 0 saturated heterocycles. The van der Waals surface area contributed by atoms with Gasteiger partial charge in [0.15, 0.2) is 0 Å². The number of nitrogens with zero attached hydrogens (tertiary/aromatic N) is 1. The van der Waals surface area contributed by atoms with E-state index >= 15 is 0 Å². The second-order valence-electron chi connectivity index (χ2n) is 4.78. The van der Waals surface area contributed by atoms with Gasteiger partial charge < -0.3 is 4.74 Å². The molecule has 5 heteroatoms. The fourth-order valence-electron chi connectivity index (χ4n) is 2.01. The molecule has 1 heterocycles. The molecule has 0 aliphatic heterocycles. The van der Waals surface area contributed by atoms with E-state index in [-0.39, 0.29) is 12.6 Å². The van der Waals surface area contributed by atoms with E-state index in [0.29, 0.717) is 5.02 Å². The quantitative estimate of drug-likeness (QED) is 0.586.